The minimum atomic E-state index is -4.05. The van der Waals surface area contributed by atoms with Crippen LogP contribution in [0.1, 0.15) is 44.0 Å². The molecule has 11 heteroatoms. The predicted octanol–water partition coefficient (Wildman–Crippen LogP) is 3.55. The number of carbonyl (C=O) groups is 1. The van der Waals surface area contributed by atoms with Crippen molar-refractivity contribution in [3.05, 3.63) is 58.6 Å². The summed E-state index contributed by atoms with van der Waals surface area (Å²) in [6.07, 6.45) is -1.36. The fraction of sp³-hybridized carbons (Fsp3) is 0.480. The van der Waals surface area contributed by atoms with E-state index in [0.29, 0.717) is 0 Å². The first-order valence-corrected chi connectivity index (χ1v) is 13.4. The number of rotatable bonds is 6. The molecule has 2 bridgehead atoms. The van der Waals surface area contributed by atoms with Crippen LogP contribution in [0, 0.1) is 29.4 Å². The van der Waals surface area contributed by atoms with E-state index >= 15 is 0 Å². The largest absolute Gasteiger partial charge is 0.388 e. The number of anilines is 1. The lowest BCUT2D eigenvalue weighted by Crippen LogP contribution is -2.75. The second-order valence-electron chi connectivity index (χ2n) is 10.4. The van der Waals surface area contributed by atoms with Crippen molar-refractivity contribution >= 4 is 33.0 Å². The Morgan fingerprint density at radius 1 is 1.14 bits per heavy atom. The fourth-order valence-corrected chi connectivity index (χ4v) is 8.14. The van der Waals surface area contributed by atoms with E-state index in [1.807, 2.05) is 6.92 Å². The van der Waals surface area contributed by atoms with Gasteiger partial charge in [-0.25, -0.2) is 17.2 Å². The zero-order valence-electron chi connectivity index (χ0n) is 19.9. The summed E-state index contributed by atoms with van der Waals surface area (Å²) in [6.45, 7) is 4.65. The van der Waals surface area contributed by atoms with Gasteiger partial charge in [0.2, 0.25) is 0 Å². The monoisotopic (exact) mass is 543 g/mol. The molecule has 0 saturated heterocycles. The standard InChI is InChI=1S/C25H28ClF2NO6S/c1-12-16-10-15(11-17(12)25(16,33)23(31)24(2,3)32)36(34,35)21-8-13(4-6-18(21)26)22(30)29-14-5-7-19(27)20(28)9-14/h4-9,12,15-17,23,31-33H,10-11H2,1-3H3,(H,29,30)/t12?,15?,16?,17?,23-,25?/m1/s1. The lowest BCUT2D eigenvalue weighted by molar-refractivity contribution is -0.291. The molecule has 3 saturated carbocycles. The first kappa shape index (κ1) is 26.9. The quantitative estimate of drug-likeness (QED) is 0.442. The third-order valence-corrected chi connectivity index (χ3v) is 10.4. The molecule has 196 valence electrons. The minimum Gasteiger partial charge on any atom is -0.388 e. The van der Waals surface area contributed by atoms with Gasteiger partial charge in [-0.05, 0) is 74.8 Å². The number of sulfone groups is 1. The molecule has 0 spiro atoms. The van der Waals surface area contributed by atoms with E-state index in [-0.39, 0.29) is 39.9 Å². The Balaban J connectivity index is 1.58. The highest BCUT2D eigenvalue weighted by Gasteiger charge is 2.69. The summed E-state index contributed by atoms with van der Waals surface area (Å²) in [5.74, 6) is -4.13. The Kier molecular flexibility index (Phi) is 6.75. The maximum atomic E-state index is 13.6. The summed E-state index contributed by atoms with van der Waals surface area (Å²) in [7, 11) is -4.05. The van der Waals surface area contributed by atoms with Crippen LogP contribution < -0.4 is 5.32 Å². The molecule has 36 heavy (non-hydrogen) atoms. The number of nitrogens with one attached hydrogen (secondary N) is 1. The van der Waals surface area contributed by atoms with Crippen molar-refractivity contribution in [2.24, 2.45) is 17.8 Å². The molecule has 7 nitrogen and oxygen atoms in total. The minimum absolute atomic E-state index is 0.00994. The van der Waals surface area contributed by atoms with E-state index in [4.69, 9.17) is 11.6 Å². The maximum Gasteiger partial charge on any atom is 0.255 e. The van der Waals surface area contributed by atoms with Gasteiger partial charge in [-0.15, -0.1) is 0 Å². The Bertz CT molecular complexity index is 1300. The van der Waals surface area contributed by atoms with Gasteiger partial charge in [-0.1, -0.05) is 18.5 Å². The molecule has 2 aromatic rings. The number of carbonyl (C=O) groups excluding carboxylic acids is 1. The predicted molar refractivity (Wildman–Crippen MR) is 129 cm³/mol. The van der Waals surface area contributed by atoms with Crippen LogP contribution in [0.25, 0.3) is 0 Å². The third-order valence-electron chi connectivity index (χ3n) is 7.71. The summed E-state index contributed by atoms with van der Waals surface area (Å²) >= 11 is 6.22. The molecule has 1 amide bonds. The van der Waals surface area contributed by atoms with Crippen molar-refractivity contribution in [2.45, 2.75) is 61.1 Å². The Labute approximate surface area is 213 Å². The van der Waals surface area contributed by atoms with E-state index in [1.54, 1.807) is 0 Å². The second kappa shape index (κ2) is 9.02. The van der Waals surface area contributed by atoms with Gasteiger partial charge in [-0.2, -0.15) is 0 Å². The lowest BCUT2D eigenvalue weighted by Gasteiger charge is -2.65. The Morgan fingerprint density at radius 3 is 2.31 bits per heavy atom. The highest BCUT2D eigenvalue weighted by atomic mass is 35.5. The van der Waals surface area contributed by atoms with E-state index in [1.165, 1.54) is 32.0 Å². The zero-order valence-corrected chi connectivity index (χ0v) is 21.4. The molecule has 0 radical (unpaired) electrons. The average Bonchev–Trinajstić information content (AvgIpc) is 2.80. The molecular weight excluding hydrogens is 516 g/mol. The summed E-state index contributed by atoms with van der Waals surface area (Å²) in [4.78, 5) is 12.4. The van der Waals surface area contributed by atoms with Gasteiger partial charge in [0.25, 0.3) is 5.91 Å². The van der Waals surface area contributed by atoms with Gasteiger partial charge in [-0.3, -0.25) is 4.79 Å². The van der Waals surface area contributed by atoms with E-state index in [2.05, 4.69) is 5.32 Å². The fourth-order valence-electron chi connectivity index (χ4n) is 5.79. The first-order valence-electron chi connectivity index (χ1n) is 11.5. The Hall–Kier alpha value is -2.11. The van der Waals surface area contributed by atoms with Crippen LogP contribution in [-0.2, 0) is 9.84 Å². The van der Waals surface area contributed by atoms with Crippen LogP contribution in [0.3, 0.4) is 0 Å². The number of hydrogen-bond acceptors (Lipinski definition) is 6. The normalized spacial score (nSPS) is 28.8. The molecule has 3 fully saturated rings. The van der Waals surface area contributed by atoms with Crippen LogP contribution in [0.15, 0.2) is 41.3 Å². The van der Waals surface area contributed by atoms with E-state index in [9.17, 15) is 37.3 Å². The van der Waals surface area contributed by atoms with E-state index < -0.39 is 61.8 Å². The molecule has 3 atom stereocenters. The van der Waals surface area contributed by atoms with Crippen LogP contribution in [0.5, 0.6) is 0 Å². The molecule has 0 aromatic heterocycles. The number of amides is 1. The van der Waals surface area contributed by atoms with Crippen LogP contribution in [-0.4, -0.2) is 52.2 Å². The number of fused-ring (bicyclic) bond motifs is 2. The van der Waals surface area contributed by atoms with Gasteiger partial charge in [0.1, 0.15) is 6.10 Å². The molecular formula is C25H28ClF2NO6S. The summed E-state index contributed by atoms with van der Waals surface area (Å²) < 4.78 is 53.8. The van der Waals surface area contributed by atoms with Gasteiger partial charge < -0.3 is 20.6 Å². The van der Waals surface area contributed by atoms with Crippen molar-refractivity contribution in [3.63, 3.8) is 0 Å². The van der Waals surface area contributed by atoms with Crippen molar-refractivity contribution in [3.8, 4) is 0 Å². The van der Waals surface area contributed by atoms with Crippen LogP contribution in [0.2, 0.25) is 5.02 Å². The molecule has 0 heterocycles. The van der Waals surface area contributed by atoms with Gasteiger partial charge in [0, 0.05) is 17.3 Å². The van der Waals surface area contributed by atoms with Crippen molar-refractivity contribution in [1.29, 1.82) is 0 Å². The highest BCUT2D eigenvalue weighted by molar-refractivity contribution is 7.92. The molecule has 2 aromatic carbocycles. The number of aliphatic hydroxyl groups is 3. The lowest BCUT2D eigenvalue weighted by atomic mass is 9.45. The van der Waals surface area contributed by atoms with Crippen LogP contribution >= 0.6 is 11.6 Å². The van der Waals surface area contributed by atoms with E-state index in [0.717, 1.165) is 18.2 Å². The molecule has 0 aliphatic heterocycles. The van der Waals surface area contributed by atoms with Gasteiger partial charge in [0.05, 0.1) is 26.4 Å². The van der Waals surface area contributed by atoms with Crippen LogP contribution in [0.4, 0.5) is 14.5 Å². The molecule has 3 aliphatic rings. The van der Waals surface area contributed by atoms with Crippen molar-refractivity contribution < 1.29 is 37.3 Å². The van der Waals surface area contributed by atoms with Crippen molar-refractivity contribution in [1.82, 2.24) is 0 Å². The topological polar surface area (TPSA) is 124 Å². The Morgan fingerprint density at radius 2 is 1.75 bits per heavy atom. The number of hydrogen-bond donors (Lipinski definition) is 4. The number of halogens is 3. The summed E-state index contributed by atoms with van der Waals surface area (Å²) in [5, 5.41) is 33.5. The highest BCUT2D eigenvalue weighted by Crippen LogP contribution is 2.61. The number of aliphatic hydroxyl groups excluding tert-OH is 1. The second-order valence-corrected chi connectivity index (χ2v) is 13.0. The molecule has 5 rings (SSSR count). The van der Waals surface area contributed by atoms with Crippen molar-refractivity contribution in [2.75, 3.05) is 5.32 Å². The third kappa shape index (κ3) is 4.32. The number of benzene rings is 2. The zero-order chi connectivity index (χ0) is 26.8. The summed E-state index contributed by atoms with van der Waals surface area (Å²) in [5.41, 5.74) is -3.25. The van der Waals surface area contributed by atoms with Gasteiger partial charge in [0.15, 0.2) is 21.5 Å². The van der Waals surface area contributed by atoms with Gasteiger partial charge >= 0.3 is 0 Å². The maximum absolute atomic E-state index is 13.6. The summed E-state index contributed by atoms with van der Waals surface area (Å²) in [6, 6.07) is 6.55. The SMILES string of the molecule is CC1C2CC(S(=O)(=O)c3cc(C(=O)Nc4ccc(F)c(F)c4)ccc3Cl)CC1C2(O)[C@H](O)C(C)(C)O. The smallest absolute Gasteiger partial charge is 0.255 e. The molecule has 2 unspecified atom stereocenters. The molecule has 3 aliphatic carbocycles. The first-order chi connectivity index (χ1) is 16.6. The average molecular weight is 544 g/mol. The molecule has 4 N–H and O–H groups in total.